The third-order valence-corrected chi connectivity index (χ3v) is 4.16. The maximum absolute atomic E-state index is 12.5. The molecule has 5 heteroatoms. The molecule has 0 spiro atoms. The first-order valence-corrected chi connectivity index (χ1v) is 7.87. The summed E-state index contributed by atoms with van der Waals surface area (Å²) in [6, 6.07) is -0.789. The van der Waals surface area contributed by atoms with Crippen LogP contribution in [0.1, 0.15) is 51.9 Å². The van der Waals surface area contributed by atoms with E-state index in [4.69, 9.17) is 0 Å². The molecule has 114 valence electrons. The summed E-state index contributed by atoms with van der Waals surface area (Å²) in [4.78, 5) is 26.2. The summed E-state index contributed by atoms with van der Waals surface area (Å²) >= 11 is 0. The summed E-state index contributed by atoms with van der Waals surface area (Å²) in [5, 5.41) is 12.6. The van der Waals surface area contributed by atoms with Crippen molar-refractivity contribution < 1.29 is 14.7 Å². The van der Waals surface area contributed by atoms with Gasteiger partial charge in [0.25, 0.3) is 0 Å². The molecule has 1 heterocycles. The van der Waals surface area contributed by atoms with Gasteiger partial charge in [-0.05, 0) is 32.6 Å². The van der Waals surface area contributed by atoms with Gasteiger partial charge in [-0.25, -0.2) is 0 Å². The van der Waals surface area contributed by atoms with Crippen LogP contribution in [-0.2, 0) is 9.59 Å². The normalized spacial score (nSPS) is 23.4. The number of aliphatic hydroxyl groups is 1. The standard InChI is InChI=1S/C15H26N2O3/c1-11(18)13(16-14(19)12-7-8-12)15(20)17-9-5-3-2-4-6-10-17/h11-13,18H,2-10H2,1H3,(H,16,19). The second-order valence-electron chi connectivity index (χ2n) is 6.09. The molecule has 1 aliphatic heterocycles. The van der Waals surface area contributed by atoms with Crippen molar-refractivity contribution in [2.45, 2.75) is 64.0 Å². The molecule has 0 radical (unpaired) electrons. The zero-order valence-electron chi connectivity index (χ0n) is 12.3. The topological polar surface area (TPSA) is 69.6 Å². The lowest BCUT2D eigenvalue weighted by atomic mass is 10.1. The number of aliphatic hydroxyl groups excluding tert-OH is 1. The van der Waals surface area contributed by atoms with Crippen LogP contribution >= 0.6 is 0 Å². The quantitative estimate of drug-likeness (QED) is 0.810. The van der Waals surface area contributed by atoms with E-state index in [0.717, 1.165) is 51.6 Å². The first-order valence-electron chi connectivity index (χ1n) is 7.87. The average Bonchev–Trinajstić information content (AvgIpc) is 3.18. The van der Waals surface area contributed by atoms with Gasteiger partial charge >= 0.3 is 0 Å². The van der Waals surface area contributed by atoms with Crippen molar-refractivity contribution in [1.82, 2.24) is 10.2 Å². The molecule has 0 aromatic heterocycles. The Morgan fingerprint density at radius 2 is 1.65 bits per heavy atom. The van der Waals surface area contributed by atoms with Crippen LogP contribution in [0.2, 0.25) is 0 Å². The fraction of sp³-hybridized carbons (Fsp3) is 0.867. The minimum Gasteiger partial charge on any atom is -0.391 e. The Labute approximate surface area is 120 Å². The lowest BCUT2D eigenvalue weighted by Crippen LogP contribution is -2.54. The zero-order chi connectivity index (χ0) is 14.5. The lowest BCUT2D eigenvalue weighted by molar-refractivity contribution is -0.140. The van der Waals surface area contributed by atoms with E-state index in [0.29, 0.717) is 0 Å². The highest BCUT2D eigenvalue weighted by Crippen LogP contribution is 2.29. The Bertz CT molecular complexity index is 345. The highest BCUT2D eigenvalue weighted by atomic mass is 16.3. The third kappa shape index (κ3) is 4.20. The van der Waals surface area contributed by atoms with Crippen molar-refractivity contribution in [2.75, 3.05) is 13.1 Å². The summed E-state index contributed by atoms with van der Waals surface area (Å²) in [7, 11) is 0. The maximum atomic E-state index is 12.5. The van der Waals surface area contributed by atoms with E-state index >= 15 is 0 Å². The average molecular weight is 282 g/mol. The van der Waals surface area contributed by atoms with Gasteiger partial charge in [-0.2, -0.15) is 0 Å². The van der Waals surface area contributed by atoms with Gasteiger partial charge in [0.05, 0.1) is 6.10 Å². The van der Waals surface area contributed by atoms with E-state index in [1.54, 1.807) is 6.92 Å². The number of hydrogen-bond acceptors (Lipinski definition) is 3. The number of nitrogens with one attached hydrogen (secondary N) is 1. The summed E-state index contributed by atoms with van der Waals surface area (Å²) < 4.78 is 0. The van der Waals surface area contributed by atoms with Gasteiger partial charge < -0.3 is 15.3 Å². The van der Waals surface area contributed by atoms with Crippen molar-refractivity contribution in [3.05, 3.63) is 0 Å². The molecule has 20 heavy (non-hydrogen) atoms. The van der Waals surface area contributed by atoms with E-state index < -0.39 is 12.1 Å². The van der Waals surface area contributed by atoms with Crippen molar-refractivity contribution in [3.63, 3.8) is 0 Å². The zero-order valence-corrected chi connectivity index (χ0v) is 12.3. The molecular weight excluding hydrogens is 256 g/mol. The van der Waals surface area contributed by atoms with Gasteiger partial charge in [0.2, 0.25) is 11.8 Å². The van der Waals surface area contributed by atoms with Gasteiger partial charge in [0, 0.05) is 19.0 Å². The van der Waals surface area contributed by atoms with Crippen molar-refractivity contribution >= 4 is 11.8 Å². The monoisotopic (exact) mass is 282 g/mol. The number of carbonyl (C=O) groups excluding carboxylic acids is 2. The predicted molar refractivity (Wildman–Crippen MR) is 76.0 cm³/mol. The van der Waals surface area contributed by atoms with E-state index in [1.165, 1.54) is 6.42 Å². The maximum Gasteiger partial charge on any atom is 0.247 e. The van der Waals surface area contributed by atoms with E-state index in [-0.39, 0.29) is 17.7 Å². The highest BCUT2D eigenvalue weighted by Gasteiger charge is 2.35. The Hall–Kier alpha value is -1.10. The summed E-state index contributed by atoms with van der Waals surface area (Å²) in [5.74, 6) is -0.163. The Balaban J connectivity index is 1.95. The minimum atomic E-state index is -0.851. The van der Waals surface area contributed by atoms with Gasteiger partial charge in [0.15, 0.2) is 0 Å². The molecule has 0 bridgehead atoms. The minimum absolute atomic E-state index is 0.0522. The number of amides is 2. The molecular formula is C15H26N2O3. The van der Waals surface area contributed by atoms with Crippen LogP contribution < -0.4 is 5.32 Å². The van der Waals surface area contributed by atoms with Crippen molar-refractivity contribution in [2.24, 2.45) is 5.92 Å². The van der Waals surface area contributed by atoms with E-state index in [9.17, 15) is 14.7 Å². The largest absolute Gasteiger partial charge is 0.391 e. The van der Waals surface area contributed by atoms with Gasteiger partial charge in [0.1, 0.15) is 6.04 Å². The first kappa shape index (κ1) is 15.3. The molecule has 2 rings (SSSR count). The van der Waals surface area contributed by atoms with Crippen LogP contribution in [0, 0.1) is 5.92 Å². The van der Waals surface area contributed by atoms with Crippen LogP contribution in [0.25, 0.3) is 0 Å². The Kier molecular flexibility index (Phi) is 5.40. The van der Waals surface area contributed by atoms with Gasteiger partial charge in [-0.3, -0.25) is 9.59 Å². The number of nitrogens with zero attached hydrogens (tertiary/aromatic N) is 1. The molecule has 2 aliphatic rings. The lowest BCUT2D eigenvalue weighted by Gasteiger charge is -2.30. The third-order valence-electron chi connectivity index (χ3n) is 4.16. The van der Waals surface area contributed by atoms with Crippen LogP contribution in [0.4, 0.5) is 0 Å². The molecule has 2 fully saturated rings. The fourth-order valence-electron chi connectivity index (χ4n) is 2.67. The predicted octanol–water partition coefficient (Wildman–Crippen LogP) is 1.05. The second-order valence-corrected chi connectivity index (χ2v) is 6.09. The van der Waals surface area contributed by atoms with Gasteiger partial charge in [-0.15, -0.1) is 0 Å². The van der Waals surface area contributed by atoms with Crippen LogP contribution in [-0.4, -0.2) is 47.1 Å². The second kappa shape index (κ2) is 7.07. The fourth-order valence-corrected chi connectivity index (χ4v) is 2.67. The number of carbonyl (C=O) groups is 2. The molecule has 1 aliphatic carbocycles. The molecule has 1 saturated carbocycles. The Morgan fingerprint density at radius 1 is 1.10 bits per heavy atom. The smallest absolute Gasteiger partial charge is 0.247 e. The molecule has 0 aromatic rings. The summed E-state index contributed by atoms with van der Waals surface area (Å²) in [5.41, 5.74) is 0. The molecule has 5 nitrogen and oxygen atoms in total. The summed E-state index contributed by atoms with van der Waals surface area (Å²) in [6.45, 7) is 3.04. The van der Waals surface area contributed by atoms with Crippen molar-refractivity contribution in [3.8, 4) is 0 Å². The number of likely N-dealkylation sites (tertiary alicyclic amines) is 1. The number of rotatable bonds is 4. The summed E-state index contributed by atoms with van der Waals surface area (Å²) in [6.07, 6.45) is 6.50. The van der Waals surface area contributed by atoms with Gasteiger partial charge in [-0.1, -0.05) is 19.3 Å². The molecule has 2 N–H and O–H groups in total. The molecule has 1 saturated heterocycles. The van der Waals surface area contributed by atoms with Crippen molar-refractivity contribution in [1.29, 1.82) is 0 Å². The Morgan fingerprint density at radius 3 is 2.15 bits per heavy atom. The van der Waals surface area contributed by atoms with Crippen LogP contribution in [0.3, 0.4) is 0 Å². The van der Waals surface area contributed by atoms with E-state index in [1.807, 2.05) is 4.90 Å². The molecule has 2 atom stereocenters. The molecule has 2 amide bonds. The molecule has 0 aromatic carbocycles. The SMILES string of the molecule is CC(O)C(NC(=O)C1CC1)C(=O)N1CCCCCCC1. The van der Waals surface area contributed by atoms with E-state index in [2.05, 4.69) is 5.32 Å². The number of hydrogen-bond donors (Lipinski definition) is 2. The van der Waals surface area contributed by atoms with Crippen LogP contribution in [0.5, 0.6) is 0 Å². The molecule has 2 unspecified atom stereocenters. The highest BCUT2D eigenvalue weighted by molar-refractivity contribution is 5.89. The first-order chi connectivity index (χ1) is 9.59. The van der Waals surface area contributed by atoms with Crippen LogP contribution in [0.15, 0.2) is 0 Å².